The Labute approximate surface area is 119 Å². The number of carbonyl (C=O) groups is 1. The maximum absolute atomic E-state index is 11.7. The number of thioether (sulfide) groups is 1. The fourth-order valence-corrected chi connectivity index (χ4v) is 5.39. The van der Waals surface area contributed by atoms with E-state index in [4.69, 9.17) is 0 Å². The van der Waals surface area contributed by atoms with Gasteiger partial charge in [-0.1, -0.05) is 30.3 Å². The normalized spacial score (nSPS) is 36.4. The Kier molecular flexibility index (Phi) is 3.34. The SMILES string of the molecule is CS[C@H]1C[C@H]2C[C@@H]1[C@@](NC(C)=O)(c1ccccc1)C2. The van der Waals surface area contributed by atoms with Crippen molar-refractivity contribution in [2.45, 2.75) is 37.0 Å². The molecule has 3 heteroatoms. The summed E-state index contributed by atoms with van der Waals surface area (Å²) in [5.74, 6) is 1.45. The monoisotopic (exact) mass is 275 g/mol. The van der Waals surface area contributed by atoms with Crippen molar-refractivity contribution in [2.75, 3.05) is 6.26 Å². The lowest BCUT2D eigenvalue weighted by Crippen LogP contribution is -2.51. The van der Waals surface area contributed by atoms with Crippen LogP contribution in [0.1, 0.15) is 31.7 Å². The third kappa shape index (κ3) is 2.08. The molecular formula is C16H21NOS. The predicted molar refractivity (Wildman–Crippen MR) is 80.1 cm³/mol. The van der Waals surface area contributed by atoms with Gasteiger partial charge in [-0.25, -0.2) is 0 Å². The van der Waals surface area contributed by atoms with Crippen molar-refractivity contribution >= 4 is 17.7 Å². The first-order chi connectivity index (χ1) is 9.15. The van der Waals surface area contributed by atoms with Crippen LogP contribution >= 0.6 is 11.8 Å². The number of fused-ring (bicyclic) bond motifs is 2. The van der Waals surface area contributed by atoms with E-state index in [1.54, 1.807) is 6.92 Å². The van der Waals surface area contributed by atoms with E-state index in [2.05, 4.69) is 35.8 Å². The summed E-state index contributed by atoms with van der Waals surface area (Å²) >= 11 is 1.97. The van der Waals surface area contributed by atoms with E-state index in [0.717, 1.165) is 12.3 Å². The second-order valence-electron chi connectivity index (χ2n) is 5.94. The third-order valence-electron chi connectivity index (χ3n) is 4.84. The molecule has 2 fully saturated rings. The van der Waals surface area contributed by atoms with Gasteiger partial charge < -0.3 is 5.32 Å². The van der Waals surface area contributed by atoms with Gasteiger partial charge in [-0.15, -0.1) is 0 Å². The summed E-state index contributed by atoms with van der Waals surface area (Å²) in [6, 6.07) is 10.6. The van der Waals surface area contributed by atoms with Gasteiger partial charge in [0, 0.05) is 12.2 Å². The number of hydrogen-bond donors (Lipinski definition) is 1. The van der Waals surface area contributed by atoms with E-state index in [0.29, 0.717) is 11.2 Å². The molecular weight excluding hydrogens is 254 g/mol. The van der Waals surface area contributed by atoms with Crippen molar-refractivity contribution in [3.8, 4) is 0 Å². The molecule has 2 saturated carbocycles. The summed E-state index contributed by atoms with van der Waals surface area (Å²) in [4.78, 5) is 11.7. The molecule has 0 aliphatic heterocycles. The van der Waals surface area contributed by atoms with Gasteiger partial charge in [0.15, 0.2) is 0 Å². The molecule has 2 aliphatic carbocycles. The highest BCUT2D eigenvalue weighted by atomic mass is 32.2. The van der Waals surface area contributed by atoms with E-state index in [1.165, 1.54) is 18.4 Å². The van der Waals surface area contributed by atoms with Crippen LogP contribution in [0, 0.1) is 11.8 Å². The fourth-order valence-electron chi connectivity index (χ4n) is 4.25. The Morgan fingerprint density at radius 1 is 1.32 bits per heavy atom. The third-order valence-corrected chi connectivity index (χ3v) is 5.96. The maximum Gasteiger partial charge on any atom is 0.217 e. The largest absolute Gasteiger partial charge is 0.346 e. The van der Waals surface area contributed by atoms with Crippen LogP contribution in [0.2, 0.25) is 0 Å². The Balaban J connectivity index is 2.01. The van der Waals surface area contributed by atoms with Gasteiger partial charge in [-0.05, 0) is 42.9 Å². The Bertz CT molecular complexity index is 475. The van der Waals surface area contributed by atoms with Crippen molar-refractivity contribution in [3.63, 3.8) is 0 Å². The summed E-state index contributed by atoms with van der Waals surface area (Å²) in [7, 11) is 0. The van der Waals surface area contributed by atoms with Crippen LogP contribution in [0.25, 0.3) is 0 Å². The molecule has 1 N–H and O–H groups in total. The summed E-state index contributed by atoms with van der Waals surface area (Å²) in [5.41, 5.74) is 1.17. The Morgan fingerprint density at radius 3 is 2.63 bits per heavy atom. The molecule has 2 bridgehead atoms. The minimum Gasteiger partial charge on any atom is -0.346 e. The molecule has 102 valence electrons. The molecule has 1 amide bonds. The summed E-state index contributed by atoms with van der Waals surface area (Å²) in [6.07, 6.45) is 5.90. The summed E-state index contributed by atoms with van der Waals surface area (Å²) < 4.78 is 0. The Morgan fingerprint density at radius 2 is 2.05 bits per heavy atom. The van der Waals surface area contributed by atoms with Crippen LogP contribution in [0.3, 0.4) is 0 Å². The minimum atomic E-state index is -0.121. The number of nitrogens with one attached hydrogen (secondary N) is 1. The second-order valence-corrected chi connectivity index (χ2v) is 7.02. The highest BCUT2D eigenvalue weighted by molar-refractivity contribution is 7.99. The van der Waals surface area contributed by atoms with Crippen molar-refractivity contribution < 1.29 is 4.79 Å². The molecule has 0 aromatic heterocycles. The molecule has 1 aromatic rings. The first-order valence-electron chi connectivity index (χ1n) is 7.03. The topological polar surface area (TPSA) is 29.1 Å². The van der Waals surface area contributed by atoms with Gasteiger partial charge in [0.2, 0.25) is 5.91 Å². The van der Waals surface area contributed by atoms with E-state index in [9.17, 15) is 4.79 Å². The molecule has 19 heavy (non-hydrogen) atoms. The lowest BCUT2D eigenvalue weighted by molar-refractivity contribution is -0.121. The van der Waals surface area contributed by atoms with Crippen LogP contribution in [0.4, 0.5) is 0 Å². The molecule has 1 aromatic carbocycles. The van der Waals surface area contributed by atoms with Gasteiger partial charge >= 0.3 is 0 Å². The highest BCUT2D eigenvalue weighted by Crippen LogP contribution is 2.58. The molecule has 2 aliphatic rings. The van der Waals surface area contributed by atoms with Crippen molar-refractivity contribution in [2.24, 2.45) is 11.8 Å². The molecule has 0 heterocycles. The average Bonchev–Trinajstić information content (AvgIpc) is 2.96. The van der Waals surface area contributed by atoms with Gasteiger partial charge in [0.05, 0.1) is 5.54 Å². The first kappa shape index (κ1) is 13.0. The quantitative estimate of drug-likeness (QED) is 0.918. The maximum atomic E-state index is 11.7. The molecule has 4 atom stereocenters. The molecule has 0 saturated heterocycles. The number of carbonyl (C=O) groups excluding carboxylic acids is 1. The predicted octanol–water partition coefficient (Wildman–Crippen LogP) is 3.18. The van der Waals surface area contributed by atoms with Crippen molar-refractivity contribution in [1.29, 1.82) is 0 Å². The Hall–Kier alpha value is -0.960. The molecule has 0 spiro atoms. The summed E-state index contributed by atoms with van der Waals surface area (Å²) in [5, 5.41) is 4.00. The minimum absolute atomic E-state index is 0.0938. The van der Waals surface area contributed by atoms with Crippen molar-refractivity contribution in [1.82, 2.24) is 5.32 Å². The number of amides is 1. The average molecular weight is 275 g/mol. The number of hydrogen-bond acceptors (Lipinski definition) is 2. The fraction of sp³-hybridized carbons (Fsp3) is 0.562. The van der Waals surface area contributed by atoms with E-state index >= 15 is 0 Å². The smallest absolute Gasteiger partial charge is 0.217 e. The molecule has 2 nitrogen and oxygen atoms in total. The van der Waals surface area contributed by atoms with Crippen LogP contribution in [-0.2, 0) is 10.3 Å². The lowest BCUT2D eigenvalue weighted by Gasteiger charge is -2.42. The summed E-state index contributed by atoms with van der Waals surface area (Å²) in [6.45, 7) is 1.64. The molecule has 3 rings (SSSR count). The lowest BCUT2D eigenvalue weighted by atomic mass is 9.75. The highest BCUT2D eigenvalue weighted by Gasteiger charge is 2.56. The number of rotatable bonds is 3. The van der Waals surface area contributed by atoms with Crippen LogP contribution in [0.5, 0.6) is 0 Å². The van der Waals surface area contributed by atoms with Gasteiger partial charge in [-0.3, -0.25) is 4.79 Å². The van der Waals surface area contributed by atoms with E-state index < -0.39 is 0 Å². The van der Waals surface area contributed by atoms with Gasteiger partial charge in [0.25, 0.3) is 0 Å². The van der Waals surface area contributed by atoms with Gasteiger partial charge in [0.1, 0.15) is 0 Å². The zero-order valence-electron chi connectivity index (χ0n) is 11.6. The zero-order chi connectivity index (χ0) is 13.5. The van der Waals surface area contributed by atoms with Crippen LogP contribution in [0.15, 0.2) is 30.3 Å². The first-order valence-corrected chi connectivity index (χ1v) is 8.31. The second kappa shape index (κ2) is 4.86. The molecule has 0 radical (unpaired) electrons. The molecule has 0 unspecified atom stereocenters. The zero-order valence-corrected chi connectivity index (χ0v) is 12.4. The standard InChI is InChI=1S/C16H21NOS/c1-11(18)17-16(13-6-4-3-5-7-13)10-12-8-14(16)15(9-12)19-2/h3-7,12,14-15H,8-10H2,1-2H3,(H,17,18)/t12-,14+,15+,16+/m1/s1. The van der Waals surface area contributed by atoms with Crippen LogP contribution < -0.4 is 5.32 Å². The van der Waals surface area contributed by atoms with E-state index in [-0.39, 0.29) is 11.4 Å². The van der Waals surface area contributed by atoms with Crippen LogP contribution in [-0.4, -0.2) is 17.4 Å². The van der Waals surface area contributed by atoms with Crippen molar-refractivity contribution in [3.05, 3.63) is 35.9 Å². The van der Waals surface area contributed by atoms with Gasteiger partial charge in [-0.2, -0.15) is 11.8 Å². The van der Waals surface area contributed by atoms with E-state index in [1.807, 2.05) is 17.8 Å². The number of benzene rings is 1.